The van der Waals surface area contributed by atoms with Crippen LogP contribution in [-0.2, 0) is 6.42 Å². The van der Waals surface area contributed by atoms with E-state index in [4.69, 9.17) is 10.5 Å². The molecular formula is C11H14INO. The Morgan fingerprint density at radius 1 is 1.50 bits per heavy atom. The van der Waals surface area contributed by atoms with E-state index >= 15 is 0 Å². The number of hydrogen-bond donors (Lipinski definition) is 1. The zero-order valence-electron chi connectivity index (χ0n) is 8.22. The van der Waals surface area contributed by atoms with Crippen LogP contribution in [0.3, 0.4) is 0 Å². The molecule has 0 unspecified atom stereocenters. The molecule has 1 aromatic carbocycles. The largest absolute Gasteiger partial charge is 0.497 e. The monoisotopic (exact) mass is 303 g/mol. The predicted octanol–water partition coefficient (Wildman–Crippen LogP) is 2.64. The number of methoxy groups -OCH3 is 1. The first kappa shape index (κ1) is 10.2. The van der Waals surface area contributed by atoms with E-state index in [1.165, 1.54) is 21.1 Å². The highest BCUT2D eigenvalue weighted by Gasteiger charge is 2.20. The van der Waals surface area contributed by atoms with Gasteiger partial charge >= 0.3 is 0 Å². The lowest BCUT2D eigenvalue weighted by Gasteiger charge is -2.24. The minimum Gasteiger partial charge on any atom is -0.497 e. The maximum atomic E-state index is 6.09. The number of halogens is 1. The molecule has 0 fully saturated rings. The van der Waals surface area contributed by atoms with Crippen LogP contribution in [0, 0.1) is 3.57 Å². The molecule has 3 heteroatoms. The normalized spacial score (nSPS) is 20.4. The van der Waals surface area contributed by atoms with Crippen LogP contribution in [-0.4, -0.2) is 7.11 Å². The third-order valence-corrected chi connectivity index (χ3v) is 3.65. The second-order valence-corrected chi connectivity index (χ2v) is 4.84. The number of benzene rings is 1. The molecular weight excluding hydrogens is 289 g/mol. The van der Waals surface area contributed by atoms with Gasteiger partial charge in [-0.25, -0.2) is 0 Å². The number of fused-ring (bicyclic) bond motifs is 1. The van der Waals surface area contributed by atoms with Crippen LogP contribution in [0.5, 0.6) is 5.75 Å². The molecule has 1 aliphatic rings. The van der Waals surface area contributed by atoms with Gasteiger partial charge in [-0.05, 0) is 65.1 Å². The Morgan fingerprint density at radius 2 is 2.29 bits per heavy atom. The molecule has 2 N–H and O–H groups in total. The quantitative estimate of drug-likeness (QED) is 0.810. The molecule has 2 rings (SSSR count). The van der Waals surface area contributed by atoms with Gasteiger partial charge in [-0.1, -0.05) is 0 Å². The first-order valence-electron chi connectivity index (χ1n) is 4.84. The minimum absolute atomic E-state index is 0.219. The molecule has 0 heterocycles. The fraction of sp³-hybridized carbons (Fsp3) is 0.455. The maximum Gasteiger partial charge on any atom is 0.120 e. The predicted molar refractivity (Wildman–Crippen MR) is 65.6 cm³/mol. The van der Waals surface area contributed by atoms with Crippen molar-refractivity contribution in [1.29, 1.82) is 0 Å². The Balaban J connectivity index is 2.51. The molecule has 2 nitrogen and oxygen atoms in total. The van der Waals surface area contributed by atoms with Crippen molar-refractivity contribution in [3.8, 4) is 5.75 Å². The van der Waals surface area contributed by atoms with Gasteiger partial charge in [-0.2, -0.15) is 0 Å². The van der Waals surface area contributed by atoms with E-state index in [1.807, 2.05) is 0 Å². The van der Waals surface area contributed by atoms with Crippen molar-refractivity contribution in [3.05, 3.63) is 26.8 Å². The highest BCUT2D eigenvalue weighted by Crippen LogP contribution is 2.34. The Bertz CT molecular complexity index is 351. The van der Waals surface area contributed by atoms with Crippen LogP contribution in [0.2, 0.25) is 0 Å². The molecule has 0 aromatic heterocycles. The van der Waals surface area contributed by atoms with E-state index in [9.17, 15) is 0 Å². The van der Waals surface area contributed by atoms with Gasteiger partial charge in [0.2, 0.25) is 0 Å². The van der Waals surface area contributed by atoms with Crippen LogP contribution in [0.15, 0.2) is 12.1 Å². The van der Waals surface area contributed by atoms with Crippen molar-refractivity contribution in [2.24, 2.45) is 5.73 Å². The molecule has 76 valence electrons. The number of aryl methyl sites for hydroxylation is 1. The molecule has 0 bridgehead atoms. The maximum absolute atomic E-state index is 6.09. The molecule has 1 aliphatic carbocycles. The Kier molecular flexibility index (Phi) is 2.97. The summed E-state index contributed by atoms with van der Waals surface area (Å²) in [7, 11) is 1.71. The molecule has 0 saturated carbocycles. The lowest BCUT2D eigenvalue weighted by Crippen LogP contribution is -2.18. The van der Waals surface area contributed by atoms with Gasteiger partial charge < -0.3 is 10.5 Å². The standard InChI is InChI=1S/C11H14INO/c1-14-8-5-7-3-2-4-10(13)11(7)9(12)6-8/h5-6,10H,2-4,13H2,1H3/t10-/m0/s1. The third-order valence-electron chi connectivity index (χ3n) is 2.76. The molecule has 0 spiro atoms. The lowest BCUT2D eigenvalue weighted by atomic mass is 9.88. The lowest BCUT2D eigenvalue weighted by molar-refractivity contribution is 0.412. The van der Waals surface area contributed by atoms with E-state index in [1.54, 1.807) is 7.11 Å². The topological polar surface area (TPSA) is 35.2 Å². The molecule has 0 aliphatic heterocycles. The number of rotatable bonds is 1. The third kappa shape index (κ3) is 1.75. The highest BCUT2D eigenvalue weighted by atomic mass is 127. The fourth-order valence-electron chi connectivity index (χ4n) is 2.04. The molecule has 1 atom stereocenters. The molecule has 0 saturated heterocycles. The molecule has 14 heavy (non-hydrogen) atoms. The van der Waals surface area contributed by atoms with Crippen LogP contribution in [0.1, 0.15) is 30.0 Å². The van der Waals surface area contributed by atoms with Crippen LogP contribution in [0.25, 0.3) is 0 Å². The molecule has 0 amide bonds. The van der Waals surface area contributed by atoms with E-state index in [2.05, 4.69) is 34.7 Å². The summed E-state index contributed by atoms with van der Waals surface area (Å²) in [6.45, 7) is 0. The molecule has 1 aromatic rings. The van der Waals surface area contributed by atoms with Gasteiger partial charge in [0.1, 0.15) is 5.75 Å². The summed E-state index contributed by atoms with van der Waals surface area (Å²) in [4.78, 5) is 0. The Labute approximate surface area is 98.0 Å². The average molecular weight is 303 g/mol. The summed E-state index contributed by atoms with van der Waals surface area (Å²) < 4.78 is 6.49. The Hall–Kier alpha value is -0.290. The second-order valence-electron chi connectivity index (χ2n) is 3.68. The summed E-state index contributed by atoms with van der Waals surface area (Å²) in [6.07, 6.45) is 3.43. The Morgan fingerprint density at radius 3 is 3.00 bits per heavy atom. The van der Waals surface area contributed by atoms with E-state index < -0.39 is 0 Å². The summed E-state index contributed by atoms with van der Waals surface area (Å²) in [5, 5.41) is 0. The number of ether oxygens (including phenoxy) is 1. The summed E-state index contributed by atoms with van der Waals surface area (Å²) in [5.74, 6) is 0.947. The zero-order valence-corrected chi connectivity index (χ0v) is 10.4. The summed E-state index contributed by atoms with van der Waals surface area (Å²) in [6, 6.07) is 4.40. The van der Waals surface area contributed by atoms with Crippen molar-refractivity contribution in [1.82, 2.24) is 0 Å². The van der Waals surface area contributed by atoms with Gasteiger partial charge in [-0.15, -0.1) is 0 Å². The first-order chi connectivity index (χ1) is 6.72. The van der Waals surface area contributed by atoms with Gasteiger partial charge in [-0.3, -0.25) is 0 Å². The second kappa shape index (κ2) is 4.06. The van der Waals surface area contributed by atoms with Crippen LogP contribution < -0.4 is 10.5 Å². The summed E-state index contributed by atoms with van der Waals surface area (Å²) in [5.41, 5.74) is 8.79. The van der Waals surface area contributed by atoms with Crippen molar-refractivity contribution < 1.29 is 4.74 Å². The fourth-order valence-corrected chi connectivity index (χ4v) is 3.10. The van der Waals surface area contributed by atoms with Gasteiger partial charge in [0.25, 0.3) is 0 Å². The SMILES string of the molecule is COc1cc(I)c2c(c1)CCC[C@@H]2N. The van der Waals surface area contributed by atoms with Gasteiger partial charge in [0, 0.05) is 9.61 Å². The highest BCUT2D eigenvalue weighted by molar-refractivity contribution is 14.1. The van der Waals surface area contributed by atoms with Crippen molar-refractivity contribution in [2.45, 2.75) is 25.3 Å². The van der Waals surface area contributed by atoms with Crippen LogP contribution >= 0.6 is 22.6 Å². The van der Waals surface area contributed by atoms with E-state index in [-0.39, 0.29) is 6.04 Å². The van der Waals surface area contributed by atoms with Gasteiger partial charge in [0.15, 0.2) is 0 Å². The zero-order chi connectivity index (χ0) is 10.1. The van der Waals surface area contributed by atoms with Crippen molar-refractivity contribution >= 4 is 22.6 Å². The molecule has 0 radical (unpaired) electrons. The van der Waals surface area contributed by atoms with Crippen molar-refractivity contribution in [3.63, 3.8) is 0 Å². The number of nitrogens with two attached hydrogens (primary N) is 1. The van der Waals surface area contributed by atoms with Gasteiger partial charge in [0.05, 0.1) is 7.11 Å². The summed E-state index contributed by atoms with van der Waals surface area (Å²) >= 11 is 2.35. The van der Waals surface area contributed by atoms with E-state index in [0.717, 1.165) is 18.6 Å². The van der Waals surface area contributed by atoms with E-state index in [0.29, 0.717) is 0 Å². The van der Waals surface area contributed by atoms with Crippen LogP contribution in [0.4, 0.5) is 0 Å². The van der Waals surface area contributed by atoms with Crippen molar-refractivity contribution in [2.75, 3.05) is 7.11 Å². The average Bonchev–Trinajstić information content (AvgIpc) is 2.17. The number of hydrogen-bond acceptors (Lipinski definition) is 2. The first-order valence-corrected chi connectivity index (χ1v) is 5.92. The smallest absolute Gasteiger partial charge is 0.120 e. The minimum atomic E-state index is 0.219.